The molecular formula is C14H27NO4. The van der Waals surface area contributed by atoms with Crippen LogP contribution in [0.4, 0.5) is 4.79 Å². The summed E-state index contributed by atoms with van der Waals surface area (Å²) in [4.78, 5) is 24.9. The van der Waals surface area contributed by atoms with Gasteiger partial charge in [-0.05, 0) is 33.6 Å². The molecule has 0 aliphatic rings. The number of ether oxygens (including phenoxy) is 1. The first-order chi connectivity index (χ1) is 8.60. The molecule has 1 amide bonds. The van der Waals surface area contributed by atoms with Crippen molar-refractivity contribution in [2.45, 2.75) is 71.4 Å². The summed E-state index contributed by atoms with van der Waals surface area (Å²) in [6, 6.07) is 0. The van der Waals surface area contributed by atoms with Gasteiger partial charge in [0.15, 0.2) is 0 Å². The number of hydrogen-bond acceptors (Lipinski definition) is 3. The summed E-state index contributed by atoms with van der Waals surface area (Å²) in [5.41, 5.74) is -1.81. The molecule has 0 heterocycles. The number of rotatable bonds is 6. The van der Waals surface area contributed by atoms with Crippen LogP contribution in [0.15, 0.2) is 0 Å². The van der Waals surface area contributed by atoms with Gasteiger partial charge in [0.25, 0.3) is 0 Å². The van der Waals surface area contributed by atoms with E-state index in [-0.39, 0.29) is 0 Å². The van der Waals surface area contributed by atoms with Crippen LogP contribution in [0.1, 0.15) is 60.3 Å². The number of carboxylic acid groups (broad SMARTS) is 1. The monoisotopic (exact) mass is 273 g/mol. The SMILES string of the molecule is CCCCC(CC)(C(=O)O)N(C)C(=O)OC(C)(C)C. The lowest BCUT2D eigenvalue weighted by atomic mass is 9.88. The third-order valence-corrected chi connectivity index (χ3v) is 3.24. The van der Waals surface area contributed by atoms with E-state index < -0.39 is 23.2 Å². The van der Waals surface area contributed by atoms with Gasteiger partial charge in [0.1, 0.15) is 11.1 Å². The van der Waals surface area contributed by atoms with Crippen LogP contribution < -0.4 is 0 Å². The predicted molar refractivity (Wildman–Crippen MR) is 74.2 cm³/mol. The standard InChI is InChI=1S/C14H27NO4/c1-7-9-10-14(8-2,11(16)17)15(6)12(18)19-13(3,4)5/h7-10H2,1-6H3,(H,16,17). The van der Waals surface area contributed by atoms with Crippen molar-refractivity contribution in [1.29, 1.82) is 0 Å². The van der Waals surface area contributed by atoms with E-state index in [2.05, 4.69) is 0 Å². The first-order valence-corrected chi connectivity index (χ1v) is 6.81. The molecule has 0 bridgehead atoms. The van der Waals surface area contributed by atoms with Crippen molar-refractivity contribution in [3.8, 4) is 0 Å². The van der Waals surface area contributed by atoms with Crippen molar-refractivity contribution in [3.63, 3.8) is 0 Å². The second kappa shape index (κ2) is 6.78. The highest BCUT2D eigenvalue weighted by Crippen LogP contribution is 2.27. The van der Waals surface area contributed by atoms with Gasteiger partial charge < -0.3 is 9.84 Å². The molecule has 0 aliphatic heterocycles. The Morgan fingerprint density at radius 1 is 1.21 bits per heavy atom. The van der Waals surface area contributed by atoms with Crippen LogP contribution in [0.2, 0.25) is 0 Å². The van der Waals surface area contributed by atoms with Crippen LogP contribution in [0.5, 0.6) is 0 Å². The number of unbranched alkanes of at least 4 members (excludes halogenated alkanes) is 1. The number of carbonyl (C=O) groups excluding carboxylic acids is 1. The van der Waals surface area contributed by atoms with Gasteiger partial charge in [-0.25, -0.2) is 9.59 Å². The summed E-state index contributed by atoms with van der Waals surface area (Å²) < 4.78 is 5.26. The lowest BCUT2D eigenvalue weighted by molar-refractivity contribution is -0.151. The quantitative estimate of drug-likeness (QED) is 0.806. The fraction of sp³-hybridized carbons (Fsp3) is 0.857. The third kappa shape index (κ3) is 4.73. The van der Waals surface area contributed by atoms with Crippen LogP contribution in [0, 0.1) is 0 Å². The molecule has 0 aliphatic carbocycles. The molecule has 0 radical (unpaired) electrons. The van der Waals surface area contributed by atoms with Gasteiger partial charge in [-0.2, -0.15) is 0 Å². The molecule has 0 rings (SSSR count). The Bertz CT molecular complexity index is 322. The average Bonchev–Trinajstić information content (AvgIpc) is 2.27. The Balaban J connectivity index is 5.14. The zero-order valence-electron chi connectivity index (χ0n) is 12.9. The highest BCUT2D eigenvalue weighted by molar-refractivity contribution is 5.84. The van der Waals surface area contributed by atoms with E-state index in [1.165, 1.54) is 11.9 Å². The van der Waals surface area contributed by atoms with Crippen LogP contribution in [0.25, 0.3) is 0 Å². The third-order valence-electron chi connectivity index (χ3n) is 3.24. The van der Waals surface area contributed by atoms with Gasteiger partial charge in [-0.3, -0.25) is 4.90 Å². The molecule has 112 valence electrons. The maximum Gasteiger partial charge on any atom is 0.410 e. The fourth-order valence-electron chi connectivity index (χ4n) is 1.96. The zero-order valence-corrected chi connectivity index (χ0v) is 12.9. The van der Waals surface area contributed by atoms with E-state index >= 15 is 0 Å². The van der Waals surface area contributed by atoms with E-state index in [0.717, 1.165) is 12.8 Å². The molecule has 1 atom stereocenters. The maximum atomic E-state index is 12.1. The fourth-order valence-corrected chi connectivity index (χ4v) is 1.96. The minimum absolute atomic E-state index is 0.359. The molecule has 5 nitrogen and oxygen atoms in total. The summed E-state index contributed by atoms with van der Waals surface area (Å²) in [5, 5.41) is 9.52. The molecule has 0 saturated heterocycles. The first kappa shape index (κ1) is 17.7. The predicted octanol–water partition coefficient (Wildman–Crippen LogP) is 3.28. The van der Waals surface area contributed by atoms with Crippen molar-refractivity contribution in [3.05, 3.63) is 0 Å². The summed E-state index contributed by atoms with van der Waals surface area (Å²) in [6.45, 7) is 9.07. The normalized spacial score (nSPS) is 14.6. The molecular weight excluding hydrogens is 246 g/mol. The summed E-state index contributed by atoms with van der Waals surface area (Å²) >= 11 is 0. The van der Waals surface area contributed by atoms with Gasteiger partial charge in [-0.15, -0.1) is 0 Å². The van der Waals surface area contributed by atoms with Crippen LogP contribution in [-0.2, 0) is 9.53 Å². The number of aliphatic carboxylic acids is 1. The van der Waals surface area contributed by atoms with Crippen molar-refractivity contribution < 1.29 is 19.4 Å². The maximum absolute atomic E-state index is 12.1. The number of amides is 1. The van der Waals surface area contributed by atoms with Crippen molar-refractivity contribution in [2.24, 2.45) is 0 Å². The molecule has 0 aromatic carbocycles. The van der Waals surface area contributed by atoms with Crippen LogP contribution in [-0.4, -0.2) is 40.3 Å². The average molecular weight is 273 g/mol. The van der Waals surface area contributed by atoms with Gasteiger partial charge in [0.05, 0.1) is 0 Å². The van der Waals surface area contributed by atoms with Gasteiger partial charge in [-0.1, -0.05) is 26.7 Å². The number of carboxylic acids is 1. The Kier molecular flexibility index (Phi) is 6.33. The Morgan fingerprint density at radius 3 is 2.05 bits per heavy atom. The molecule has 0 saturated carbocycles. The topological polar surface area (TPSA) is 66.8 Å². The van der Waals surface area contributed by atoms with Gasteiger partial charge >= 0.3 is 12.1 Å². The van der Waals surface area contributed by atoms with Gasteiger partial charge in [0.2, 0.25) is 0 Å². The second-order valence-corrected chi connectivity index (χ2v) is 5.83. The van der Waals surface area contributed by atoms with Crippen molar-refractivity contribution in [2.75, 3.05) is 7.05 Å². The molecule has 19 heavy (non-hydrogen) atoms. The molecule has 0 spiro atoms. The van der Waals surface area contributed by atoms with Gasteiger partial charge in [0, 0.05) is 7.05 Å². The molecule has 0 fully saturated rings. The second-order valence-electron chi connectivity index (χ2n) is 5.83. The summed E-state index contributed by atoms with van der Waals surface area (Å²) in [5.74, 6) is -0.975. The Morgan fingerprint density at radius 2 is 1.74 bits per heavy atom. The molecule has 1 N–H and O–H groups in total. The van der Waals surface area contributed by atoms with E-state index in [1.807, 2.05) is 6.92 Å². The minimum atomic E-state index is -1.18. The molecule has 0 aromatic heterocycles. The lowest BCUT2D eigenvalue weighted by Gasteiger charge is -2.38. The highest BCUT2D eigenvalue weighted by Gasteiger charge is 2.44. The lowest BCUT2D eigenvalue weighted by Crippen LogP contribution is -2.56. The van der Waals surface area contributed by atoms with Crippen molar-refractivity contribution in [1.82, 2.24) is 4.90 Å². The molecule has 5 heteroatoms. The Labute approximate surface area is 115 Å². The van der Waals surface area contributed by atoms with Crippen molar-refractivity contribution >= 4 is 12.1 Å². The van der Waals surface area contributed by atoms with E-state index in [4.69, 9.17) is 4.74 Å². The van der Waals surface area contributed by atoms with E-state index in [1.54, 1.807) is 27.7 Å². The Hall–Kier alpha value is -1.26. The summed E-state index contributed by atoms with van der Waals surface area (Å²) in [7, 11) is 1.50. The van der Waals surface area contributed by atoms with Crippen LogP contribution in [0.3, 0.4) is 0 Å². The van der Waals surface area contributed by atoms with Crippen LogP contribution >= 0.6 is 0 Å². The number of nitrogens with zero attached hydrogens (tertiary/aromatic N) is 1. The zero-order chi connectivity index (χ0) is 15.3. The molecule has 0 aromatic rings. The number of hydrogen-bond donors (Lipinski definition) is 1. The molecule has 1 unspecified atom stereocenters. The summed E-state index contributed by atoms with van der Waals surface area (Å²) in [6.07, 6.45) is 1.85. The number of likely N-dealkylation sites (N-methyl/N-ethyl adjacent to an activating group) is 1. The smallest absolute Gasteiger partial charge is 0.410 e. The largest absolute Gasteiger partial charge is 0.479 e. The highest BCUT2D eigenvalue weighted by atomic mass is 16.6. The number of carbonyl (C=O) groups is 2. The van der Waals surface area contributed by atoms with E-state index in [0.29, 0.717) is 12.8 Å². The first-order valence-electron chi connectivity index (χ1n) is 6.81. The van der Waals surface area contributed by atoms with E-state index in [9.17, 15) is 14.7 Å². The minimum Gasteiger partial charge on any atom is -0.479 e.